The third-order valence-corrected chi connectivity index (χ3v) is 3.68. The molecule has 3 rings (SSSR count). The number of azide groups is 1. The monoisotopic (exact) mass is 242 g/mol. The highest BCUT2D eigenvalue weighted by Gasteiger charge is 2.54. The minimum atomic E-state index is -0.575. The lowest BCUT2D eigenvalue weighted by Gasteiger charge is -2.28. The molecule has 2 atom stereocenters. The fourth-order valence-corrected chi connectivity index (χ4v) is 2.99. The molecule has 92 valence electrons. The van der Waals surface area contributed by atoms with E-state index in [4.69, 9.17) is 10.3 Å². The molecule has 2 heterocycles. The van der Waals surface area contributed by atoms with E-state index in [1.807, 2.05) is 30.3 Å². The number of ether oxygens (including phenoxy) is 1. The Labute approximate surface area is 105 Å². The number of hydrogen-bond acceptors (Lipinski definition) is 3. The van der Waals surface area contributed by atoms with Crippen LogP contribution in [0.3, 0.4) is 0 Å². The predicted molar refractivity (Wildman–Crippen MR) is 69.2 cm³/mol. The second-order valence-corrected chi connectivity index (χ2v) is 4.55. The number of benzene rings is 1. The third-order valence-electron chi connectivity index (χ3n) is 3.68. The zero-order valence-corrected chi connectivity index (χ0v) is 9.99. The van der Waals surface area contributed by atoms with Crippen LogP contribution in [0.5, 0.6) is 0 Å². The fourth-order valence-electron chi connectivity index (χ4n) is 2.99. The van der Waals surface area contributed by atoms with E-state index in [0.29, 0.717) is 13.2 Å². The molecule has 1 aromatic rings. The van der Waals surface area contributed by atoms with Gasteiger partial charge in [0.25, 0.3) is 0 Å². The van der Waals surface area contributed by atoms with Crippen LogP contribution in [0, 0.1) is 0 Å². The number of hydrogen-bond donors (Lipinski definition) is 0. The largest absolute Gasteiger partial charge is 0.357 e. The molecule has 2 aliphatic rings. The van der Waals surface area contributed by atoms with Crippen LogP contribution in [0.2, 0.25) is 0 Å². The Bertz CT molecular complexity index is 538. The summed E-state index contributed by atoms with van der Waals surface area (Å²) < 4.78 is 5.79. The first-order valence-corrected chi connectivity index (χ1v) is 5.98. The molecule has 5 heteroatoms. The van der Waals surface area contributed by atoms with Crippen LogP contribution in [0.15, 0.2) is 42.0 Å². The molecule has 1 fully saturated rings. The van der Waals surface area contributed by atoms with Crippen molar-refractivity contribution >= 4 is 5.69 Å². The maximum absolute atomic E-state index is 8.87. The van der Waals surface area contributed by atoms with Crippen molar-refractivity contribution in [2.75, 3.05) is 18.1 Å². The zero-order valence-electron chi connectivity index (χ0n) is 9.99. The van der Waals surface area contributed by atoms with E-state index in [9.17, 15) is 0 Å². The van der Waals surface area contributed by atoms with Gasteiger partial charge in [-0.1, -0.05) is 29.4 Å². The van der Waals surface area contributed by atoms with E-state index >= 15 is 0 Å². The molecule has 0 bridgehead atoms. The van der Waals surface area contributed by atoms with Gasteiger partial charge in [-0.15, -0.1) is 6.58 Å². The molecule has 18 heavy (non-hydrogen) atoms. The van der Waals surface area contributed by atoms with E-state index in [2.05, 4.69) is 21.5 Å². The topological polar surface area (TPSA) is 61.2 Å². The first-order valence-electron chi connectivity index (χ1n) is 5.98. The highest BCUT2D eigenvalue weighted by Crippen LogP contribution is 2.51. The van der Waals surface area contributed by atoms with Crippen molar-refractivity contribution in [3.63, 3.8) is 0 Å². The quantitative estimate of drug-likeness (QED) is 0.354. The predicted octanol–water partition coefficient (Wildman–Crippen LogP) is 2.94. The molecule has 2 aliphatic heterocycles. The minimum Gasteiger partial charge on any atom is -0.357 e. The smallest absolute Gasteiger partial charge is 0.146 e. The number of para-hydroxylation sites is 1. The summed E-state index contributed by atoms with van der Waals surface area (Å²) in [5.74, 6) is 0. The van der Waals surface area contributed by atoms with Crippen molar-refractivity contribution < 1.29 is 4.74 Å². The Morgan fingerprint density at radius 2 is 2.44 bits per heavy atom. The second kappa shape index (κ2) is 4.05. The summed E-state index contributed by atoms with van der Waals surface area (Å²) in [4.78, 5) is 5.15. The van der Waals surface area contributed by atoms with Gasteiger partial charge in [0.1, 0.15) is 11.8 Å². The summed E-state index contributed by atoms with van der Waals surface area (Å²) in [6, 6.07) is 8.02. The van der Waals surface area contributed by atoms with Crippen molar-refractivity contribution in [2.45, 2.75) is 18.2 Å². The molecule has 0 spiro atoms. The van der Waals surface area contributed by atoms with Crippen molar-refractivity contribution in [3.05, 3.63) is 52.9 Å². The van der Waals surface area contributed by atoms with Crippen LogP contribution in [0.4, 0.5) is 5.69 Å². The van der Waals surface area contributed by atoms with Gasteiger partial charge in [0.05, 0.1) is 6.61 Å². The summed E-state index contributed by atoms with van der Waals surface area (Å²) in [7, 11) is 0. The van der Waals surface area contributed by atoms with Crippen LogP contribution in [0.1, 0.15) is 12.0 Å². The van der Waals surface area contributed by atoms with Crippen molar-refractivity contribution in [1.29, 1.82) is 0 Å². The van der Waals surface area contributed by atoms with Gasteiger partial charge in [0.15, 0.2) is 0 Å². The summed E-state index contributed by atoms with van der Waals surface area (Å²) in [6.45, 7) is 5.08. The molecule has 1 aromatic carbocycles. The van der Waals surface area contributed by atoms with E-state index in [0.717, 1.165) is 17.7 Å². The van der Waals surface area contributed by atoms with Gasteiger partial charge >= 0.3 is 0 Å². The molecule has 0 N–H and O–H groups in total. The molecule has 0 aromatic heterocycles. The van der Waals surface area contributed by atoms with Crippen LogP contribution < -0.4 is 4.90 Å². The van der Waals surface area contributed by atoms with Gasteiger partial charge in [-0.2, -0.15) is 0 Å². The highest BCUT2D eigenvalue weighted by molar-refractivity contribution is 5.64. The summed E-state index contributed by atoms with van der Waals surface area (Å²) in [6.07, 6.45) is 2.36. The van der Waals surface area contributed by atoms with E-state index in [-0.39, 0.29) is 6.23 Å². The lowest BCUT2D eigenvalue weighted by Crippen LogP contribution is -2.40. The summed E-state index contributed by atoms with van der Waals surface area (Å²) >= 11 is 0. The van der Waals surface area contributed by atoms with E-state index < -0.39 is 5.54 Å². The van der Waals surface area contributed by atoms with Gasteiger partial charge in [0, 0.05) is 17.1 Å². The Hall–Kier alpha value is -1.97. The van der Waals surface area contributed by atoms with Crippen LogP contribution in [0.25, 0.3) is 10.4 Å². The average molecular weight is 242 g/mol. The molecule has 1 saturated heterocycles. The fraction of sp³-hybridized carbons (Fsp3) is 0.385. The molecule has 0 unspecified atom stereocenters. The zero-order chi connectivity index (χ0) is 12.6. The molecule has 0 saturated carbocycles. The van der Waals surface area contributed by atoms with Crippen molar-refractivity contribution in [2.24, 2.45) is 5.11 Å². The van der Waals surface area contributed by atoms with Crippen LogP contribution in [-0.2, 0) is 10.3 Å². The first kappa shape index (κ1) is 11.1. The minimum absolute atomic E-state index is 0.205. The first-order chi connectivity index (χ1) is 8.83. The van der Waals surface area contributed by atoms with Crippen LogP contribution >= 0.6 is 0 Å². The maximum Gasteiger partial charge on any atom is 0.146 e. The van der Waals surface area contributed by atoms with E-state index in [1.165, 1.54) is 0 Å². The lowest BCUT2D eigenvalue weighted by molar-refractivity contribution is 0.0870. The third kappa shape index (κ3) is 1.29. The number of anilines is 1. The number of nitrogens with zero attached hydrogens (tertiary/aromatic N) is 4. The number of rotatable bonds is 3. The Balaban J connectivity index is 2.19. The second-order valence-electron chi connectivity index (χ2n) is 4.55. The van der Waals surface area contributed by atoms with Gasteiger partial charge < -0.3 is 9.64 Å². The normalized spacial score (nSPS) is 28.4. The molecule has 0 amide bonds. The average Bonchev–Trinajstić information content (AvgIpc) is 2.89. The standard InChI is InChI=1S/C13H14N4O/c1-2-8-17-11-6-4-3-5-10(11)13(15-16-14)7-9-18-12(13)17/h2-6,12H,1,7-9H2/t12-,13+/m0/s1. The summed E-state index contributed by atoms with van der Waals surface area (Å²) in [5.41, 5.74) is 10.4. The van der Waals surface area contributed by atoms with Crippen molar-refractivity contribution in [1.82, 2.24) is 0 Å². The molecule has 5 nitrogen and oxygen atoms in total. The molecular formula is C13H14N4O. The van der Waals surface area contributed by atoms with Gasteiger partial charge in [-0.3, -0.25) is 0 Å². The van der Waals surface area contributed by atoms with Crippen molar-refractivity contribution in [3.8, 4) is 0 Å². The Morgan fingerprint density at radius 1 is 1.61 bits per heavy atom. The highest BCUT2D eigenvalue weighted by atomic mass is 16.5. The van der Waals surface area contributed by atoms with Gasteiger partial charge in [-0.05, 0) is 23.6 Å². The van der Waals surface area contributed by atoms with Gasteiger partial charge in [-0.25, -0.2) is 0 Å². The Kier molecular flexibility index (Phi) is 2.51. The molecule has 0 radical (unpaired) electrons. The molecular weight excluding hydrogens is 228 g/mol. The van der Waals surface area contributed by atoms with Crippen LogP contribution in [-0.4, -0.2) is 19.4 Å². The van der Waals surface area contributed by atoms with Gasteiger partial charge in [0.2, 0.25) is 0 Å². The lowest BCUT2D eigenvalue weighted by atomic mass is 9.90. The summed E-state index contributed by atoms with van der Waals surface area (Å²) in [5, 5.41) is 4.07. The molecule has 0 aliphatic carbocycles. The SMILES string of the molecule is C=CCN1c2ccccc2[C@]2(N=[N+]=[N-])CCO[C@H]12. The van der Waals surface area contributed by atoms with E-state index in [1.54, 1.807) is 0 Å². The number of fused-ring (bicyclic) bond motifs is 3. The Morgan fingerprint density at radius 3 is 3.22 bits per heavy atom. The maximum atomic E-state index is 8.87.